The van der Waals surface area contributed by atoms with Gasteiger partial charge in [0.05, 0.1) is 0 Å². The molecular formula is C40H56O2. The van der Waals surface area contributed by atoms with Gasteiger partial charge in [-0.2, -0.15) is 0 Å². The van der Waals surface area contributed by atoms with Crippen LogP contribution in [0, 0.1) is 10.8 Å². The molecule has 0 saturated heterocycles. The number of aliphatic hydroxyl groups is 2. The number of hydrogen-bond acceptors (Lipinski definition) is 2. The van der Waals surface area contributed by atoms with Crippen LogP contribution in [0.1, 0.15) is 101 Å². The van der Waals surface area contributed by atoms with E-state index in [9.17, 15) is 10.2 Å². The minimum Gasteiger partial charge on any atom is -0.367 e. The van der Waals surface area contributed by atoms with Crippen molar-refractivity contribution in [2.45, 2.75) is 107 Å². The Labute approximate surface area is 257 Å². The van der Waals surface area contributed by atoms with Crippen LogP contribution in [0.3, 0.4) is 0 Å². The molecule has 2 N–H and O–H groups in total. The van der Waals surface area contributed by atoms with Gasteiger partial charge in [-0.25, -0.2) is 0 Å². The highest BCUT2D eigenvalue weighted by Gasteiger charge is 2.37. The molecule has 2 nitrogen and oxygen atoms in total. The van der Waals surface area contributed by atoms with E-state index in [0.717, 1.165) is 30.4 Å². The minimum absolute atomic E-state index is 0.276. The Balaban J connectivity index is 1.92. The maximum atomic E-state index is 9.98. The number of hydrogen-bond donors (Lipinski definition) is 2. The quantitative estimate of drug-likeness (QED) is 0.192. The lowest BCUT2D eigenvalue weighted by atomic mass is 9.70. The molecule has 0 aromatic carbocycles. The van der Waals surface area contributed by atoms with Crippen molar-refractivity contribution in [3.05, 3.63) is 130 Å². The largest absolute Gasteiger partial charge is 0.367 e. The zero-order valence-corrected chi connectivity index (χ0v) is 27.8. The Morgan fingerprint density at radius 3 is 1.48 bits per heavy atom. The predicted molar refractivity (Wildman–Crippen MR) is 184 cm³/mol. The van der Waals surface area contributed by atoms with Crippen LogP contribution in [-0.4, -0.2) is 16.5 Å². The van der Waals surface area contributed by atoms with E-state index < -0.39 is 11.7 Å². The molecule has 0 saturated carbocycles. The molecule has 0 fully saturated rings. The van der Waals surface area contributed by atoms with Gasteiger partial charge < -0.3 is 10.2 Å². The summed E-state index contributed by atoms with van der Waals surface area (Å²) >= 11 is 0. The van der Waals surface area contributed by atoms with Crippen LogP contribution in [0.2, 0.25) is 0 Å². The lowest BCUT2D eigenvalue weighted by Crippen LogP contribution is -2.36. The van der Waals surface area contributed by atoms with Crippen molar-refractivity contribution in [1.29, 1.82) is 0 Å². The summed E-state index contributed by atoms with van der Waals surface area (Å²) in [6.07, 6.45) is 35.0. The molecule has 0 aromatic rings. The molecule has 1 atom stereocenters. The number of aliphatic hydroxyl groups excluding tert-OH is 1. The van der Waals surface area contributed by atoms with Crippen LogP contribution in [0.5, 0.6) is 0 Å². The molecule has 2 heteroatoms. The standard InChI is InChI=1S/C40H56O2/c1-30(18-12-20-32(3)24-26-36-34(5)22-14-28-39(36,7)8)16-10-11-17-31(2)19-13-21-33(4)25-27-37-35(6)23-15-29-40(37,9)38(41)42/h10-13,16-21,24-27,38,41-42H,14-15,22-23,28-29H2,1-9H3/b11-10+,18-12+,19-13+,26-24+,27-25+,30-16+,31-17+,32-20+,33-21+/t40-/m0/s1. The van der Waals surface area contributed by atoms with E-state index in [1.165, 1.54) is 52.7 Å². The average Bonchev–Trinajstić information content (AvgIpc) is 2.90. The second-order valence-electron chi connectivity index (χ2n) is 13.2. The van der Waals surface area contributed by atoms with E-state index in [4.69, 9.17) is 0 Å². The van der Waals surface area contributed by atoms with Gasteiger partial charge in [0.15, 0.2) is 6.29 Å². The normalized spacial score (nSPS) is 23.9. The Bertz CT molecular complexity index is 1270. The maximum absolute atomic E-state index is 9.98. The van der Waals surface area contributed by atoms with Crippen LogP contribution in [0.15, 0.2) is 130 Å². The van der Waals surface area contributed by atoms with E-state index in [2.05, 4.69) is 140 Å². The van der Waals surface area contributed by atoms with Gasteiger partial charge in [0.1, 0.15) is 0 Å². The van der Waals surface area contributed by atoms with Crippen molar-refractivity contribution in [2.24, 2.45) is 10.8 Å². The molecule has 0 spiro atoms. The zero-order chi connectivity index (χ0) is 31.3. The fourth-order valence-electron chi connectivity index (χ4n) is 5.86. The van der Waals surface area contributed by atoms with Gasteiger partial charge in [0.25, 0.3) is 0 Å². The second-order valence-corrected chi connectivity index (χ2v) is 13.2. The fraction of sp³-hybridized carbons (Fsp3) is 0.450. The van der Waals surface area contributed by atoms with Crippen molar-refractivity contribution in [1.82, 2.24) is 0 Å². The summed E-state index contributed by atoms with van der Waals surface area (Å²) in [5, 5.41) is 20.0. The number of rotatable bonds is 11. The van der Waals surface area contributed by atoms with Crippen molar-refractivity contribution in [3.63, 3.8) is 0 Å². The smallest absolute Gasteiger partial charge is 0.160 e. The van der Waals surface area contributed by atoms with E-state index in [1.54, 1.807) is 0 Å². The monoisotopic (exact) mass is 568 g/mol. The Hall–Kier alpha value is -2.94. The van der Waals surface area contributed by atoms with E-state index in [1.807, 2.05) is 6.92 Å². The van der Waals surface area contributed by atoms with Crippen LogP contribution >= 0.6 is 0 Å². The molecule has 0 bridgehead atoms. The first-order chi connectivity index (χ1) is 19.8. The Morgan fingerprint density at radius 2 is 1.00 bits per heavy atom. The molecule has 2 aliphatic rings. The molecule has 0 unspecified atom stereocenters. The highest BCUT2D eigenvalue weighted by molar-refractivity contribution is 5.39. The van der Waals surface area contributed by atoms with Crippen LogP contribution in [-0.2, 0) is 0 Å². The lowest BCUT2D eigenvalue weighted by molar-refractivity contribution is -0.117. The highest BCUT2D eigenvalue weighted by Crippen LogP contribution is 2.43. The van der Waals surface area contributed by atoms with Gasteiger partial charge in [0, 0.05) is 5.41 Å². The van der Waals surface area contributed by atoms with Crippen molar-refractivity contribution in [3.8, 4) is 0 Å². The lowest BCUT2D eigenvalue weighted by Gasteiger charge is -2.37. The van der Waals surface area contributed by atoms with Gasteiger partial charge in [-0.3, -0.25) is 0 Å². The van der Waals surface area contributed by atoms with Crippen LogP contribution in [0.4, 0.5) is 0 Å². The SMILES string of the molecule is CC1=C(/C=C/C(C)=C/C=C/C(C)=C/C=C/C=C(C)/C=C/C=C(C)/C=C/C2=C(C)CCC[C@]2(C)C(O)O)C(C)(C)CCC1. The third kappa shape index (κ3) is 11.0. The first-order valence-corrected chi connectivity index (χ1v) is 15.6. The minimum atomic E-state index is -1.35. The summed E-state index contributed by atoms with van der Waals surface area (Å²) < 4.78 is 0. The summed E-state index contributed by atoms with van der Waals surface area (Å²) in [5.41, 5.74) is 9.75. The van der Waals surface area contributed by atoms with Crippen LogP contribution in [0.25, 0.3) is 0 Å². The molecule has 228 valence electrons. The molecule has 0 aliphatic heterocycles. The topological polar surface area (TPSA) is 40.5 Å². The molecule has 2 rings (SSSR count). The summed E-state index contributed by atoms with van der Waals surface area (Å²) in [6, 6.07) is 0. The van der Waals surface area contributed by atoms with Gasteiger partial charge in [-0.05, 0) is 96.6 Å². The van der Waals surface area contributed by atoms with Gasteiger partial charge >= 0.3 is 0 Å². The second kappa shape index (κ2) is 16.6. The van der Waals surface area contributed by atoms with Crippen LogP contribution < -0.4 is 0 Å². The summed E-state index contributed by atoms with van der Waals surface area (Å²) in [7, 11) is 0. The molecule has 0 radical (unpaired) electrons. The van der Waals surface area contributed by atoms with E-state index in [-0.39, 0.29) is 5.41 Å². The van der Waals surface area contributed by atoms with Gasteiger partial charge in [-0.15, -0.1) is 0 Å². The summed E-state index contributed by atoms with van der Waals surface area (Å²) in [6.45, 7) is 19.5. The van der Waals surface area contributed by atoms with Crippen molar-refractivity contribution >= 4 is 0 Å². The predicted octanol–water partition coefficient (Wildman–Crippen LogP) is 10.9. The summed E-state index contributed by atoms with van der Waals surface area (Å²) in [5.74, 6) is 0. The third-order valence-corrected chi connectivity index (χ3v) is 8.73. The third-order valence-electron chi connectivity index (χ3n) is 8.73. The fourth-order valence-corrected chi connectivity index (χ4v) is 5.86. The molecule has 42 heavy (non-hydrogen) atoms. The Kier molecular flexibility index (Phi) is 14.0. The Morgan fingerprint density at radius 1 is 0.595 bits per heavy atom. The molecule has 0 heterocycles. The highest BCUT2D eigenvalue weighted by atomic mass is 16.5. The molecule has 0 aromatic heterocycles. The number of allylic oxidation sites excluding steroid dienone is 21. The molecular weight excluding hydrogens is 512 g/mol. The first-order valence-electron chi connectivity index (χ1n) is 15.6. The first kappa shape index (κ1) is 35.3. The average molecular weight is 569 g/mol. The maximum Gasteiger partial charge on any atom is 0.160 e. The van der Waals surface area contributed by atoms with E-state index >= 15 is 0 Å². The molecule has 2 aliphatic carbocycles. The van der Waals surface area contributed by atoms with Crippen molar-refractivity contribution in [2.75, 3.05) is 0 Å². The summed E-state index contributed by atoms with van der Waals surface area (Å²) in [4.78, 5) is 0. The zero-order valence-electron chi connectivity index (χ0n) is 27.8. The van der Waals surface area contributed by atoms with E-state index in [0.29, 0.717) is 0 Å². The van der Waals surface area contributed by atoms with Gasteiger partial charge in [0.2, 0.25) is 0 Å². The molecule has 0 amide bonds. The van der Waals surface area contributed by atoms with Gasteiger partial charge in [-0.1, -0.05) is 139 Å². The van der Waals surface area contributed by atoms with Crippen molar-refractivity contribution < 1.29 is 10.2 Å².